The van der Waals surface area contributed by atoms with Gasteiger partial charge in [-0.15, -0.1) is 0 Å². The molecule has 1 unspecified atom stereocenters. The maximum Gasteiger partial charge on any atom is 0.307 e. The van der Waals surface area contributed by atoms with Crippen LogP contribution in [0, 0.1) is 5.92 Å². The Kier molecular flexibility index (Phi) is 7.22. The fourth-order valence-corrected chi connectivity index (χ4v) is 1.82. The van der Waals surface area contributed by atoms with Gasteiger partial charge in [0.15, 0.2) is 0 Å². The lowest BCUT2D eigenvalue weighted by molar-refractivity contribution is -0.141. The summed E-state index contributed by atoms with van der Waals surface area (Å²) < 4.78 is 31.6. The first kappa shape index (κ1) is 15.3. The first-order chi connectivity index (χ1) is 7.43. The third kappa shape index (κ3) is 6.72. The Morgan fingerprint density at radius 2 is 2.06 bits per heavy atom. The van der Waals surface area contributed by atoms with Crippen LogP contribution in [0.3, 0.4) is 0 Å². The Balaban J connectivity index is 4.02. The molecule has 0 aliphatic heterocycles. The van der Waals surface area contributed by atoms with Crippen molar-refractivity contribution in [3.05, 3.63) is 0 Å². The molecule has 3 N–H and O–H groups in total. The molecule has 0 radical (unpaired) electrons. The zero-order chi connectivity index (χ0) is 12.6. The Morgan fingerprint density at radius 3 is 2.50 bits per heavy atom. The number of carboxylic acids is 1. The molecule has 0 saturated carbocycles. The van der Waals surface area contributed by atoms with Gasteiger partial charge < -0.3 is 9.84 Å². The molecule has 0 spiro atoms. The minimum atomic E-state index is -3.64. The van der Waals surface area contributed by atoms with Gasteiger partial charge in [0.05, 0.1) is 12.5 Å². The normalized spacial score (nSPS) is 13.6. The summed E-state index contributed by atoms with van der Waals surface area (Å²) >= 11 is 0. The maximum atomic E-state index is 11.3. The van der Waals surface area contributed by atoms with Crippen molar-refractivity contribution < 1.29 is 23.1 Å². The van der Waals surface area contributed by atoms with Crippen molar-refractivity contribution in [2.75, 3.05) is 26.8 Å². The summed E-state index contributed by atoms with van der Waals surface area (Å²) in [6.07, 6.45) is 0.371. The molecule has 0 amide bonds. The second-order valence-electron chi connectivity index (χ2n) is 3.18. The summed E-state index contributed by atoms with van der Waals surface area (Å²) in [4.78, 5) is 10.6. The lowest BCUT2D eigenvalue weighted by Crippen LogP contribution is -2.41. The molecule has 96 valence electrons. The van der Waals surface area contributed by atoms with Crippen molar-refractivity contribution >= 4 is 16.2 Å². The Hall–Kier alpha value is -0.700. The second-order valence-corrected chi connectivity index (χ2v) is 4.77. The summed E-state index contributed by atoms with van der Waals surface area (Å²) in [6, 6.07) is 0. The highest BCUT2D eigenvalue weighted by Crippen LogP contribution is 2.00. The lowest BCUT2D eigenvalue weighted by atomic mass is 10.1. The fourth-order valence-electron chi connectivity index (χ4n) is 0.946. The Bertz CT molecular complexity index is 304. The molecule has 0 heterocycles. The van der Waals surface area contributed by atoms with Crippen molar-refractivity contribution in [1.82, 2.24) is 9.44 Å². The van der Waals surface area contributed by atoms with Gasteiger partial charge in [-0.2, -0.15) is 13.1 Å². The number of nitrogens with one attached hydrogen (secondary N) is 2. The number of hydrogen-bond donors (Lipinski definition) is 3. The summed E-state index contributed by atoms with van der Waals surface area (Å²) in [5, 5.41) is 8.71. The highest BCUT2D eigenvalue weighted by molar-refractivity contribution is 7.87. The predicted octanol–water partition coefficient (Wildman–Crippen LogP) is -0.832. The summed E-state index contributed by atoms with van der Waals surface area (Å²) in [6.45, 7) is 1.98. The number of ether oxygens (including phenoxy) is 1. The number of carboxylic acid groups (broad SMARTS) is 1. The summed E-state index contributed by atoms with van der Waals surface area (Å²) in [5.41, 5.74) is 0. The predicted molar refractivity (Wildman–Crippen MR) is 58.2 cm³/mol. The maximum absolute atomic E-state index is 11.3. The Morgan fingerprint density at radius 1 is 1.44 bits per heavy atom. The van der Waals surface area contributed by atoms with E-state index in [2.05, 4.69) is 14.2 Å². The first-order valence-corrected chi connectivity index (χ1v) is 6.37. The van der Waals surface area contributed by atoms with E-state index in [4.69, 9.17) is 5.11 Å². The van der Waals surface area contributed by atoms with E-state index in [-0.39, 0.29) is 19.7 Å². The SMILES string of the molecule is CCC(CNS(=O)(=O)NCCOC)C(=O)O. The molecule has 0 aliphatic rings. The molecule has 16 heavy (non-hydrogen) atoms. The van der Waals surface area contributed by atoms with Crippen LogP contribution < -0.4 is 9.44 Å². The number of aliphatic carboxylic acids is 1. The molecule has 0 saturated heterocycles. The van der Waals surface area contributed by atoms with Crippen molar-refractivity contribution in [3.8, 4) is 0 Å². The standard InChI is InChI=1S/C8H18N2O5S/c1-3-7(8(11)12)6-10-16(13,14)9-4-5-15-2/h7,9-10H,3-6H2,1-2H3,(H,11,12). The molecule has 0 aliphatic carbocycles. The van der Waals surface area contributed by atoms with Crippen LogP contribution >= 0.6 is 0 Å². The highest BCUT2D eigenvalue weighted by atomic mass is 32.2. The smallest absolute Gasteiger partial charge is 0.307 e. The van der Waals surface area contributed by atoms with Gasteiger partial charge in [0.25, 0.3) is 10.2 Å². The van der Waals surface area contributed by atoms with Crippen LogP contribution in [-0.4, -0.2) is 46.3 Å². The van der Waals surface area contributed by atoms with Crippen LogP contribution in [0.4, 0.5) is 0 Å². The summed E-state index contributed by atoms with van der Waals surface area (Å²) in [5.74, 6) is -1.72. The molecule has 0 aromatic rings. The van der Waals surface area contributed by atoms with Crippen LogP contribution in [-0.2, 0) is 19.7 Å². The van der Waals surface area contributed by atoms with E-state index in [1.54, 1.807) is 6.92 Å². The molecule has 0 aromatic carbocycles. The van der Waals surface area contributed by atoms with Crippen molar-refractivity contribution in [2.45, 2.75) is 13.3 Å². The van der Waals surface area contributed by atoms with E-state index >= 15 is 0 Å². The van der Waals surface area contributed by atoms with E-state index in [9.17, 15) is 13.2 Å². The third-order valence-electron chi connectivity index (χ3n) is 1.96. The third-order valence-corrected chi connectivity index (χ3v) is 3.09. The zero-order valence-corrected chi connectivity index (χ0v) is 10.2. The first-order valence-electron chi connectivity index (χ1n) is 4.89. The van der Waals surface area contributed by atoms with Crippen LogP contribution in [0.1, 0.15) is 13.3 Å². The van der Waals surface area contributed by atoms with Gasteiger partial charge >= 0.3 is 5.97 Å². The summed E-state index contributed by atoms with van der Waals surface area (Å²) in [7, 11) is -2.18. The molecule has 0 fully saturated rings. The van der Waals surface area contributed by atoms with Gasteiger partial charge in [0.1, 0.15) is 0 Å². The Labute approximate surface area is 95.4 Å². The van der Waals surface area contributed by atoms with Gasteiger partial charge in [-0.1, -0.05) is 6.92 Å². The highest BCUT2D eigenvalue weighted by Gasteiger charge is 2.18. The lowest BCUT2D eigenvalue weighted by Gasteiger charge is -2.11. The molecule has 7 nitrogen and oxygen atoms in total. The van der Waals surface area contributed by atoms with Gasteiger partial charge in [0.2, 0.25) is 0 Å². The van der Waals surface area contributed by atoms with E-state index in [0.717, 1.165) is 0 Å². The van der Waals surface area contributed by atoms with E-state index in [0.29, 0.717) is 6.42 Å². The van der Waals surface area contributed by atoms with Crippen molar-refractivity contribution in [3.63, 3.8) is 0 Å². The molecular weight excluding hydrogens is 236 g/mol. The van der Waals surface area contributed by atoms with Crippen LogP contribution in [0.15, 0.2) is 0 Å². The number of rotatable bonds is 9. The average Bonchev–Trinajstić information content (AvgIpc) is 2.18. The van der Waals surface area contributed by atoms with Gasteiger partial charge in [-0.3, -0.25) is 4.79 Å². The van der Waals surface area contributed by atoms with Gasteiger partial charge in [0, 0.05) is 20.2 Å². The molecule has 8 heteroatoms. The van der Waals surface area contributed by atoms with E-state index in [1.165, 1.54) is 7.11 Å². The topological polar surface area (TPSA) is 105 Å². The minimum absolute atomic E-state index is 0.117. The largest absolute Gasteiger partial charge is 0.481 e. The molecule has 0 bridgehead atoms. The van der Waals surface area contributed by atoms with Crippen LogP contribution in [0.2, 0.25) is 0 Å². The quantitative estimate of drug-likeness (QED) is 0.466. The van der Waals surface area contributed by atoms with E-state index in [1.807, 2.05) is 0 Å². The second kappa shape index (κ2) is 7.55. The molecule has 0 aromatic heterocycles. The van der Waals surface area contributed by atoms with Gasteiger partial charge in [-0.25, -0.2) is 4.72 Å². The zero-order valence-electron chi connectivity index (χ0n) is 9.39. The minimum Gasteiger partial charge on any atom is -0.481 e. The van der Waals surface area contributed by atoms with Crippen LogP contribution in [0.25, 0.3) is 0 Å². The molecular formula is C8H18N2O5S. The molecule has 0 rings (SSSR count). The van der Waals surface area contributed by atoms with Crippen molar-refractivity contribution in [1.29, 1.82) is 0 Å². The van der Waals surface area contributed by atoms with Crippen molar-refractivity contribution in [2.24, 2.45) is 5.92 Å². The monoisotopic (exact) mass is 254 g/mol. The molecule has 1 atom stereocenters. The fraction of sp³-hybridized carbons (Fsp3) is 0.875. The number of methoxy groups -OCH3 is 1. The number of carbonyl (C=O) groups is 1. The number of hydrogen-bond acceptors (Lipinski definition) is 4. The average molecular weight is 254 g/mol. The van der Waals surface area contributed by atoms with E-state index < -0.39 is 22.1 Å². The van der Waals surface area contributed by atoms with Crippen LogP contribution in [0.5, 0.6) is 0 Å². The van der Waals surface area contributed by atoms with Gasteiger partial charge in [-0.05, 0) is 6.42 Å².